The Kier molecular flexibility index (Phi) is 5.74. The van der Waals surface area contributed by atoms with E-state index in [-0.39, 0.29) is 24.0 Å². The van der Waals surface area contributed by atoms with E-state index in [1.165, 1.54) is 42.9 Å². The summed E-state index contributed by atoms with van der Waals surface area (Å²) in [7, 11) is 0. The number of rotatable bonds is 3. The van der Waals surface area contributed by atoms with E-state index in [0.717, 1.165) is 13.1 Å². The lowest BCUT2D eigenvalue weighted by Gasteiger charge is -2.29. The van der Waals surface area contributed by atoms with Gasteiger partial charge in [-0.1, -0.05) is 53.8 Å². The first-order chi connectivity index (χ1) is 13.8. The molecule has 0 saturated heterocycles. The number of aryl methyl sites for hydroxylation is 1. The Morgan fingerprint density at radius 3 is 2.52 bits per heavy atom. The maximum Gasteiger partial charge on any atom is 0.270 e. The number of pyridine rings is 1. The van der Waals surface area contributed by atoms with Gasteiger partial charge in [-0.15, -0.1) is 0 Å². The number of anilines is 1. The lowest BCUT2D eigenvalue weighted by Crippen LogP contribution is -3.00. The minimum Gasteiger partial charge on any atom is -1.00 e. The molecule has 0 fully saturated rings. The fraction of sp³-hybridized carbons (Fsp3) is 0.160. The predicted octanol–water partition coefficient (Wildman–Crippen LogP) is 3.26. The lowest BCUT2D eigenvalue weighted by atomic mass is 10.0. The first-order valence-corrected chi connectivity index (χ1v) is 10.7. The Balaban J connectivity index is 0.00000205. The molecule has 0 saturated carbocycles. The Morgan fingerprint density at radius 1 is 0.897 bits per heavy atom. The monoisotopic (exact) mass is 510 g/mol. The van der Waals surface area contributed by atoms with Crippen molar-refractivity contribution in [2.75, 3.05) is 11.4 Å². The average molecular weight is 510 g/mol. The van der Waals surface area contributed by atoms with Crippen LogP contribution in [0, 0.1) is 0 Å². The van der Waals surface area contributed by atoms with E-state index in [1.54, 1.807) is 0 Å². The molecule has 0 radical (unpaired) electrons. The maximum atomic E-state index is 2.44. The zero-order valence-electron chi connectivity index (χ0n) is 16.6. The quantitative estimate of drug-likeness (QED) is 0.303. The summed E-state index contributed by atoms with van der Waals surface area (Å²) in [6.45, 7) is 6.35. The molecule has 2 nitrogen and oxygen atoms in total. The molecule has 0 amide bonds. The summed E-state index contributed by atoms with van der Waals surface area (Å²) in [5, 5.41) is 2.70. The van der Waals surface area contributed by atoms with Crippen LogP contribution in [0.4, 0.5) is 5.69 Å². The van der Waals surface area contributed by atoms with Crippen molar-refractivity contribution in [2.45, 2.75) is 20.4 Å². The SMILES string of the molecule is CCN1C(=Cc2ccc3c4ccccc4sc3[n+]2CC)C=Cc2ccccc21.[I-]. The molecular formula is C25H23IN2S. The molecular weight excluding hydrogens is 487 g/mol. The highest BCUT2D eigenvalue weighted by molar-refractivity contribution is 7.25. The highest BCUT2D eigenvalue weighted by Crippen LogP contribution is 2.33. The molecule has 0 unspecified atom stereocenters. The molecule has 3 heterocycles. The molecule has 2 aromatic carbocycles. The molecule has 2 aromatic heterocycles. The first kappa shape index (κ1) is 20.1. The molecule has 0 bridgehead atoms. The number of likely N-dealkylation sites (N-methyl/N-ethyl adjacent to an activating group) is 1. The third-order valence-electron chi connectivity index (χ3n) is 5.49. The Morgan fingerprint density at radius 2 is 1.69 bits per heavy atom. The minimum atomic E-state index is 0. The summed E-state index contributed by atoms with van der Waals surface area (Å²) in [5.41, 5.74) is 5.05. The number of hydrogen-bond acceptors (Lipinski definition) is 2. The molecule has 146 valence electrons. The molecule has 4 aromatic rings. The second kappa shape index (κ2) is 8.28. The van der Waals surface area contributed by atoms with Gasteiger partial charge in [0.05, 0.1) is 5.39 Å². The number of fused-ring (bicyclic) bond motifs is 4. The normalized spacial score (nSPS) is 14.4. The second-order valence-electron chi connectivity index (χ2n) is 7.03. The van der Waals surface area contributed by atoms with Gasteiger partial charge in [0.1, 0.15) is 6.54 Å². The molecule has 0 atom stereocenters. The third-order valence-corrected chi connectivity index (χ3v) is 6.70. The largest absolute Gasteiger partial charge is 1.00 e. The minimum absolute atomic E-state index is 0. The number of para-hydroxylation sites is 1. The van der Waals surface area contributed by atoms with E-state index in [0.29, 0.717) is 0 Å². The summed E-state index contributed by atoms with van der Waals surface area (Å²) in [6, 6.07) is 21.9. The Labute approximate surface area is 192 Å². The van der Waals surface area contributed by atoms with Crippen LogP contribution in [0.2, 0.25) is 0 Å². The second-order valence-corrected chi connectivity index (χ2v) is 8.06. The highest BCUT2D eigenvalue weighted by atomic mass is 127. The van der Waals surface area contributed by atoms with Crippen LogP contribution in [0.3, 0.4) is 0 Å². The van der Waals surface area contributed by atoms with Gasteiger partial charge in [-0.3, -0.25) is 0 Å². The fourth-order valence-electron chi connectivity index (χ4n) is 4.15. The van der Waals surface area contributed by atoms with Gasteiger partial charge in [0.15, 0.2) is 0 Å². The number of allylic oxidation sites excluding steroid dienone is 1. The van der Waals surface area contributed by atoms with Crippen LogP contribution in [0.5, 0.6) is 0 Å². The predicted molar refractivity (Wildman–Crippen MR) is 122 cm³/mol. The van der Waals surface area contributed by atoms with Crippen molar-refractivity contribution in [3.63, 3.8) is 0 Å². The Bertz CT molecular complexity index is 1250. The van der Waals surface area contributed by atoms with E-state index in [2.05, 4.69) is 102 Å². The summed E-state index contributed by atoms with van der Waals surface area (Å²) in [4.78, 5) is 3.74. The number of benzene rings is 2. The van der Waals surface area contributed by atoms with Crippen molar-refractivity contribution in [3.8, 4) is 0 Å². The van der Waals surface area contributed by atoms with Crippen molar-refractivity contribution in [2.24, 2.45) is 0 Å². The van der Waals surface area contributed by atoms with E-state index in [9.17, 15) is 0 Å². The Hall–Kier alpha value is -2.18. The number of halogens is 1. The lowest BCUT2D eigenvalue weighted by molar-refractivity contribution is -0.667. The third kappa shape index (κ3) is 3.38. The van der Waals surface area contributed by atoms with E-state index in [4.69, 9.17) is 0 Å². The van der Waals surface area contributed by atoms with Crippen LogP contribution in [-0.4, -0.2) is 6.54 Å². The molecule has 0 N–H and O–H groups in total. The van der Waals surface area contributed by atoms with E-state index in [1.807, 2.05) is 11.3 Å². The molecule has 4 heteroatoms. The summed E-state index contributed by atoms with van der Waals surface area (Å²) < 4.78 is 3.79. The van der Waals surface area contributed by atoms with Crippen LogP contribution >= 0.6 is 11.3 Å². The number of nitrogens with zero attached hydrogens (tertiary/aromatic N) is 2. The molecule has 0 aliphatic carbocycles. The van der Waals surface area contributed by atoms with Crippen molar-refractivity contribution in [1.82, 2.24) is 0 Å². The van der Waals surface area contributed by atoms with Crippen LogP contribution in [0.25, 0.3) is 32.5 Å². The summed E-state index contributed by atoms with van der Waals surface area (Å²) >= 11 is 1.89. The summed E-state index contributed by atoms with van der Waals surface area (Å²) in [6.07, 6.45) is 6.78. The first-order valence-electron chi connectivity index (χ1n) is 9.90. The van der Waals surface area contributed by atoms with Crippen molar-refractivity contribution in [1.29, 1.82) is 0 Å². The zero-order valence-corrected chi connectivity index (χ0v) is 19.6. The van der Waals surface area contributed by atoms with Gasteiger partial charge in [-0.2, -0.15) is 4.57 Å². The van der Waals surface area contributed by atoms with Gasteiger partial charge >= 0.3 is 0 Å². The van der Waals surface area contributed by atoms with Gasteiger partial charge in [0.2, 0.25) is 5.69 Å². The van der Waals surface area contributed by atoms with Crippen LogP contribution in [0.15, 0.2) is 72.4 Å². The fourth-order valence-corrected chi connectivity index (χ4v) is 5.43. The van der Waals surface area contributed by atoms with Gasteiger partial charge in [0.25, 0.3) is 4.83 Å². The van der Waals surface area contributed by atoms with Gasteiger partial charge in [-0.25, -0.2) is 0 Å². The number of aromatic nitrogens is 1. The van der Waals surface area contributed by atoms with Crippen LogP contribution < -0.4 is 33.4 Å². The van der Waals surface area contributed by atoms with Gasteiger partial charge in [0, 0.05) is 40.2 Å². The van der Waals surface area contributed by atoms with E-state index < -0.39 is 0 Å². The molecule has 1 aliphatic heterocycles. The standard InChI is InChI=1S/C25H23N2S.HI/c1-3-26-19(14-13-18-9-5-7-11-23(18)26)17-20-15-16-22-21-10-6-8-12-24(21)28-25(22)27(20)4-2;/h5-17H,3-4H2,1-2H3;1H/q+1;/p-1. The van der Waals surface area contributed by atoms with E-state index >= 15 is 0 Å². The number of hydrogen-bond donors (Lipinski definition) is 0. The summed E-state index contributed by atoms with van der Waals surface area (Å²) in [5.74, 6) is 0. The van der Waals surface area contributed by atoms with Crippen LogP contribution in [0.1, 0.15) is 25.1 Å². The highest BCUT2D eigenvalue weighted by Gasteiger charge is 2.20. The van der Waals surface area contributed by atoms with Crippen molar-refractivity contribution >= 4 is 49.5 Å². The smallest absolute Gasteiger partial charge is 0.270 e. The molecule has 29 heavy (non-hydrogen) atoms. The van der Waals surface area contributed by atoms with Gasteiger partial charge < -0.3 is 28.9 Å². The van der Waals surface area contributed by atoms with Crippen molar-refractivity contribution in [3.05, 3.63) is 83.7 Å². The topological polar surface area (TPSA) is 7.12 Å². The molecule has 0 spiro atoms. The molecule has 1 aliphatic rings. The number of thiophene rings is 1. The maximum absolute atomic E-state index is 2.44. The van der Waals surface area contributed by atoms with Crippen LogP contribution in [-0.2, 0) is 6.54 Å². The zero-order chi connectivity index (χ0) is 19.1. The van der Waals surface area contributed by atoms with Gasteiger partial charge in [-0.05, 0) is 43.7 Å². The average Bonchev–Trinajstić information content (AvgIpc) is 3.12. The van der Waals surface area contributed by atoms with Crippen molar-refractivity contribution < 1.29 is 28.5 Å². The molecule has 5 rings (SSSR count).